The van der Waals surface area contributed by atoms with Crippen molar-refractivity contribution in [1.82, 2.24) is 0 Å². The monoisotopic (exact) mass is 338 g/mol. The van der Waals surface area contributed by atoms with Crippen LogP contribution < -0.4 is 10.5 Å². The molecule has 0 aliphatic heterocycles. The summed E-state index contributed by atoms with van der Waals surface area (Å²) in [4.78, 5) is 0. The standard InChI is InChI=1S/C17H11BrN2O/c18-17-13-4-2-1-3-12(13)6-8-16(17)21-15-7-5-11(10-19)9-14(15)20/h1-9H,20H2. The SMILES string of the molecule is N#Cc1ccc(Oc2ccc3ccccc3c2Br)c(N)c1. The Kier molecular flexibility index (Phi) is 3.51. The summed E-state index contributed by atoms with van der Waals surface area (Å²) in [5, 5.41) is 11.1. The summed E-state index contributed by atoms with van der Waals surface area (Å²) in [6, 6.07) is 19.0. The number of nitriles is 1. The zero-order valence-electron chi connectivity index (χ0n) is 11.0. The predicted molar refractivity (Wildman–Crippen MR) is 87.3 cm³/mol. The largest absolute Gasteiger partial charge is 0.454 e. The van der Waals surface area contributed by atoms with Crippen LogP contribution in [0.15, 0.2) is 59.1 Å². The molecule has 0 saturated carbocycles. The second-order valence-electron chi connectivity index (χ2n) is 4.57. The molecule has 0 aromatic heterocycles. The lowest BCUT2D eigenvalue weighted by atomic mass is 10.1. The maximum absolute atomic E-state index is 8.85. The van der Waals surface area contributed by atoms with Crippen LogP contribution in [0.1, 0.15) is 5.56 Å². The first kappa shape index (κ1) is 13.5. The Morgan fingerprint density at radius 1 is 1.00 bits per heavy atom. The van der Waals surface area contributed by atoms with Crippen LogP contribution in [0.5, 0.6) is 11.5 Å². The average Bonchev–Trinajstić information content (AvgIpc) is 2.52. The summed E-state index contributed by atoms with van der Waals surface area (Å²) in [6.07, 6.45) is 0. The highest BCUT2D eigenvalue weighted by Crippen LogP contribution is 2.37. The van der Waals surface area contributed by atoms with Gasteiger partial charge in [0, 0.05) is 0 Å². The van der Waals surface area contributed by atoms with Gasteiger partial charge in [0.1, 0.15) is 11.5 Å². The van der Waals surface area contributed by atoms with Crippen molar-refractivity contribution in [1.29, 1.82) is 5.26 Å². The summed E-state index contributed by atoms with van der Waals surface area (Å²) in [5.41, 5.74) is 6.87. The molecule has 3 nitrogen and oxygen atoms in total. The van der Waals surface area contributed by atoms with Crippen LogP contribution in [0.4, 0.5) is 5.69 Å². The van der Waals surface area contributed by atoms with E-state index in [0.717, 1.165) is 15.2 Å². The molecule has 0 radical (unpaired) electrons. The minimum Gasteiger partial charge on any atom is -0.454 e. The highest BCUT2D eigenvalue weighted by molar-refractivity contribution is 9.10. The Bertz CT molecular complexity index is 868. The summed E-state index contributed by atoms with van der Waals surface area (Å²) in [5.74, 6) is 1.22. The van der Waals surface area contributed by atoms with Gasteiger partial charge in [0.2, 0.25) is 0 Å². The Morgan fingerprint density at radius 3 is 2.52 bits per heavy atom. The fraction of sp³-hybridized carbons (Fsp3) is 0. The van der Waals surface area contributed by atoms with Gasteiger partial charge < -0.3 is 10.5 Å². The van der Waals surface area contributed by atoms with Crippen molar-refractivity contribution in [2.45, 2.75) is 0 Å². The number of benzene rings is 3. The van der Waals surface area contributed by atoms with Crippen LogP contribution >= 0.6 is 15.9 Å². The number of rotatable bonds is 2. The minimum absolute atomic E-state index is 0.439. The van der Waals surface area contributed by atoms with Crippen LogP contribution in [0.25, 0.3) is 10.8 Å². The molecule has 0 fully saturated rings. The molecule has 3 aromatic rings. The Labute approximate surface area is 130 Å². The minimum atomic E-state index is 0.439. The van der Waals surface area contributed by atoms with E-state index in [2.05, 4.69) is 15.9 Å². The maximum atomic E-state index is 8.85. The van der Waals surface area contributed by atoms with E-state index in [9.17, 15) is 0 Å². The van der Waals surface area contributed by atoms with E-state index < -0.39 is 0 Å². The number of hydrogen-bond donors (Lipinski definition) is 1. The number of ether oxygens (including phenoxy) is 1. The topological polar surface area (TPSA) is 59.0 Å². The first-order valence-corrected chi connectivity index (χ1v) is 7.13. The molecule has 0 aliphatic rings. The van der Waals surface area contributed by atoms with Gasteiger partial charge in [0.15, 0.2) is 0 Å². The van der Waals surface area contributed by atoms with Crippen LogP contribution in [0, 0.1) is 11.3 Å². The van der Waals surface area contributed by atoms with Crippen LogP contribution in [0.3, 0.4) is 0 Å². The fourth-order valence-electron chi connectivity index (χ4n) is 2.12. The molecular formula is C17H11BrN2O. The van der Waals surface area contributed by atoms with Gasteiger partial charge in [-0.1, -0.05) is 30.3 Å². The maximum Gasteiger partial charge on any atom is 0.150 e. The molecule has 102 valence electrons. The van der Waals surface area contributed by atoms with Crippen LogP contribution in [0.2, 0.25) is 0 Å². The van der Waals surface area contributed by atoms with Crippen molar-refractivity contribution in [3.05, 3.63) is 64.6 Å². The Hall–Kier alpha value is -2.51. The van der Waals surface area contributed by atoms with Crippen molar-refractivity contribution in [3.63, 3.8) is 0 Å². The number of fused-ring (bicyclic) bond motifs is 1. The number of nitrogens with two attached hydrogens (primary N) is 1. The van der Waals surface area contributed by atoms with Gasteiger partial charge in [0.05, 0.1) is 21.8 Å². The highest BCUT2D eigenvalue weighted by atomic mass is 79.9. The lowest BCUT2D eigenvalue weighted by Gasteiger charge is -2.12. The van der Waals surface area contributed by atoms with Gasteiger partial charge >= 0.3 is 0 Å². The smallest absolute Gasteiger partial charge is 0.150 e. The van der Waals surface area contributed by atoms with E-state index in [0.29, 0.717) is 22.7 Å². The van der Waals surface area contributed by atoms with Crippen molar-refractivity contribution in [2.75, 3.05) is 5.73 Å². The molecule has 0 amide bonds. The third-order valence-corrected chi connectivity index (χ3v) is 4.00. The summed E-state index contributed by atoms with van der Waals surface area (Å²) in [6.45, 7) is 0. The van der Waals surface area contributed by atoms with Gasteiger partial charge in [-0.25, -0.2) is 0 Å². The second-order valence-corrected chi connectivity index (χ2v) is 5.36. The van der Waals surface area contributed by atoms with Gasteiger partial charge in [0.25, 0.3) is 0 Å². The quantitative estimate of drug-likeness (QED) is 0.679. The van der Waals surface area contributed by atoms with Crippen molar-refractivity contribution in [2.24, 2.45) is 0 Å². The lowest BCUT2D eigenvalue weighted by molar-refractivity contribution is 0.483. The Morgan fingerprint density at radius 2 is 1.76 bits per heavy atom. The third kappa shape index (κ3) is 2.56. The molecule has 21 heavy (non-hydrogen) atoms. The summed E-state index contributed by atoms with van der Waals surface area (Å²) >= 11 is 3.57. The molecule has 3 rings (SSSR count). The Balaban J connectivity index is 2.02. The first-order chi connectivity index (χ1) is 10.2. The van der Waals surface area contributed by atoms with Gasteiger partial charge in [-0.3, -0.25) is 0 Å². The van der Waals surface area contributed by atoms with E-state index in [1.807, 2.05) is 42.5 Å². The van der Waals surface area contributed by atoms with E-state index in [-0.39, 0.29) is 0 Å². The van der Waals surface area contributed by atoms with Gasteiger partial charge in [-0.2, -0.15) is 5.26 Å². The predicted octanol–water partition coefficient (Wildman–Crippen LogP) is 4.85. The molecular weight excluding hydrogens is 328 g/mol. The number of nitrogen functional groups attached to an aromatic ring is 1. The molecule has 3 aromatic carbocycles. The molecule has 0 saturated heterocycles. The number of hydrogen-bond acceptors (Lipinski definition) is 3. The first-order valence-electron chi connectivity index (χ1n) is 6.34. The van der Waals surface area contributed by atoms with Gasteiger partial charge in [-0.15, -0.1) is 0 Å². The van der Waals surface area contributed by atoms with Crippen LogP contribution in [-0.2, 0) is 0 Å². The number of nitrogens with zero attached hydrogens (tertiary/aromatic N) is 1. The number of anilines is 1. The molecule has 0 aliphatic carbocycles. The van der Waals surface area contributed by atoms with Crippen molar-refractivity contribution < 1.29 is 4.74 Å². The lowest BCUT2D eigenvalue weighted by Crippen LogP contribution is -1.93. The van der Waals surface area contributed by atoms with Crippen molar-refractivity contribution in [3.8, 4) is 17.6 Å². The van der Waals surface area contributed by atoms with Gasteiger partial charge in [-0.05, 0) is 51.0 Å². The third-order valence-electron chi connectivity index (χ3n) is 3.19. The number of halogens is 1. The highest BCUT2D eigenvalue weighted by Gasteiger charge is 2.09. The van der Waals surface area contributed by atoms with E-state index in [1.165, 1.54) is 0 Å². The molecule has 0 heterocycles. The van der Waals surface area contributed by atoms with E-state index >= 15 is 0 Å². The summed E-state index contributed by atoms with van der Waals surface area (Å²) in [7, 11) is 0. The second kappa shape index (κ2) is 5.47. The van der Waals surface area contributed by atoms with E-state index in [1.54, 1.807) is 18.2 Å². The molecule has 0 bridgehead atoms. The molecule has 0 unspecified atom stereocenters. The molecule has 4 heteroatoms. The summed E-state index contributed by atoms with van der Waals surface area (Å²) < 4.78 is 6.75. The molecule has 0 atom stereocenters. The molecule has 2 N–H and O–H groups in total. The normalized spacial score (nSPS) is 10.3. The molecule has 0 spiro atoms. The zero-order valence-corrected chi connectivity index (χ0v) is 12.6. The average molecular weight is 339 g/mol. The van der Waals surface area contributed by atoms with Crippen molar-refractivity contribution >= 4 is 32.4 Å². The fourth-order valence-corrected chi connectivity index (χ4v) is 2.70. The van der Waals surface area contributed by atoms with E-state index in [4.69, 9.17) is 15.7 Å². The zero-order chi connectivity index (χ0) is 14.8. The van der Waals surface area contributed by atoms with Crippen LogP contribution in [-0.4, -0.2) is 0 Å².